The summed E-state index contributed by atoms with van der Waals surface area (Å²) in [7, 11) is 0. The molecule has 2 aromatic rings. The van der Waals surface area contributed by atoms with Crippen molar-refractivity contribution in [3.63, 3.8) is 0 Å². The molecule has 142 valence electrons. The van der Waals surface area contributed by atoms with Gasteiger partial charge >= 0.3 is 0 Å². The van der Waals surface area contributed by atoms with E-state index in [-0.39, 0.29) is 11.7 Å². The molecule has 0 spiro atoms. The van der Waals surface area contributed by atoms with E-state index in [1.807, 2.05) is 12.1 Å². The van der Waals surface area contributed by atoms with Gasteiger partial charge in [-0.3, -0.25) is 0 Å². The van der Waals surface area contributed by atoms with Crippen LogP contribution >= 0.6 is 11.6 Å². The van der Waals surface area contributed by atoms with Gasteiger partial charge in [-0.1, -0.05) is 42.8 Å². The molecule has 1 saturated carbocycles. The second-order valence-corrected chi connectivity index (χ2v) is 8.36. The maximum Gasteiger partial charge on any atom is 0.129 e. The molecule has 0 bridgehead atoms. The molecule has 1 fully saturated rings. The topological polar surface area (TPSA) is 0 Å². The highest BCUT2D eigenvalue weighted by molar-refractivity contribution is 6.30. The molecule has 0 radical (unpaired) electrons. The molecule has 0 nitrogen and oxygen atoms in total. The van der Waals surface area contributed by atoms with E-state index in [0.29, 0.717) is 24.2 Å². The summed E-state index contributed by atoms with van der Waals surface area (Å²) in [5, 5.41) is 0.741. The van der Waals surface area contributed by atoms with Gasteiger partial charge in [0.2, 0.25) is 0 Å². The predicted octanol–water partition coefficient (Wildman–Crippen LogP) is 7.42. The second-order valence-electron chi connectivity index (χ2n) is 7.92. The summed E-state index contributed by atoms with van der Waals surface area (Å²) in [6.07, 6.45) is 9.31. The lowest BCUT2D eigenvalue weighted by atomic mass is 9.58. The molecule has 3 heteroatoms. The third-order valence-electron chi connectivity index (χ3n) is 6.45. The zero-order valence-electron chi connectivity index (χ0n) is 15.6. The lowest BCUT2D eigenvalue weighted by molar-refractivity contribution is 0.194. The van der Waals surface area contributed by atoms with Gasteiger partial charge in [0.05, 0.1) is 0 Å². The monoisotopic (exact) mass is 386 g/mol. The van der Waals surface area contributed by atoms with Crippen LogP contribution in [0.15, 0.2) is 48.6 Å². The van der Waals surface area contributed by atoms with Gasteiger partial charge < -0.3 is 0 Å². The molecule has 0 aliphatic heterocycles. The van der Waals surface area contributed by atoms with E-state index in [0.717, 1.165) is 47.9 Å². The summed E-state index contributed by atoms with van der Waals surface area (Å²) in [5.41, 5.74) is 2.93. The first-order chi connectivity index (χ1) is 13.1. The summed E-state index contributed by atoms with van der Waals surface area (Å²) in [4.78, 5) is 0. The molecule has 0 N–H and O–H groups in total. The van der Waals surface area contributed by atoms with E-state index in [1.165, 1.54) is 5.56 Å². The Hall–Kier alpha value is -1.67. The van der Waals surface area contributed by atoms with Crippen molar-refractivity contribution in [2.45, 2.75) is 50.9 Å². The Morgan fingerprint density at radius 1 is 1.07 bits per heavy atom. The summed E-state index contributed by atoms with van der Waals surface area (Å²) in [6.45, 7) is 2.15. The third-order valence-corrected chi connectivity index (χ3v) is 6.70. The molecule has 0 aromatic heterocycles. The van der Waals surface area contributed by atoms with Gasteiger partial charge in [-0.05, 0) is 90.7 Å². The average Bonchev–Trinajstić information content (AvgIpc) is 2.66. The van der Waals surface area contributed by atoms with Crippen LogP contribution in [0, 0.1) is 23.5 Å². The van der Waals surface area contributed by atoms with Gasteiger partial charge in [0.15, 0.2) is 0 Å². The summed E-state index contributed by atoms with van der Waals surface area (Å²) >= 11 is 6.11. The zero-order chi connectivity index (χ0) is 19.0. The van der Waals surface area contributed by atoms with Crippen LogP contribution in [-0.4, -0.2) is 0 Å². The van der Waals surface area contributed by atoms with Crippen molar-refractivity contribution in [3.8, 4) is 0 Å². The molecule has 4 rings (SSSR count). The standard InChI is InChI=1S/C24H25ClF2/c1-2-3-4-15-7-10-19-21(24(15)16-5-8-17(25)9-6-16)12-11-20-22(19)13-18(26)14-23(20)27/h3-6,8-9,13-15,19,21,24H,2,7,10-12H2,1H3/b4-3+/t15-,19-,21+,24-/m1/s1. The molecule has 0 amide bonds. The van der Waals surface area contributed by atoms with Gasteiger partial charge in [0, 0.05) is 11.1 Å². The van der Waals surface area contributed by atoms with E-state index < -0.39 is 5.82 Å². The highest BCUT2D eigenvalue weighted by Crippen LogP contribution is 2.54. The molecular formula is C24H25ClF2. The number of allylic oxidation sites excluding steroid dienone is 2. The number of fused-ring (bicyclic) bond motifs is 3. The number of halogens is 3. The average molecular weight is 387 g/mol. The molecule has 27 heavy (non-hydrogen) atoms. The summed E-state index contributed by atoms with van der Waals surface area (Å²) in [5.74, 6) is 0.629. The van der Waals surface area contributed by atoms with Crippen LogP contribution < -0.4 is 0 Å². The molecule has 0 saturated heterocycles. The minimum absolute atomic E-state index is 0.228. The third kappa shape index (κ3) is 3.57. The normalized spacial score (nSPS) is 27.4. The number of rotatable bonds is 3. The molecular weight excluding hydrogens is 362 g/mol. The van der Waals surface area contributed by atoms with Crippen molar-refractivity contribution in [3.05, 3.63) is 81.9 Å². The van der Waals surface area contributed by atoms with Crippen molar-refractivity contribution >= 4 is 11.6 Å². The fourth-order valence-corrected chi connectivity index (χ4v) is 5.46. The summed E-state index contributed by atoms with van der Waals surface area (Å²) in [6, 6.07) is 10.8. The molecule has 0 heterocycles. The van der Waals surface area contributed by atoms with Crippen LogP contribution in [0.3, 0.4) is 0 Å². The van der Waals surface area contributed by atoms with Crippen LogP contribution in [0.1, 0.15) is 61.1 Å². The Kier molecular flexibility index (Phi) is 5.36. The van der Waals surface area contributed by atoms with Crippen molar-refractivity contribution in [1.29, 1.82) is 0 Å². The minimum atomic E-state index is -0.456. The number of benzene rings is 2. The van der Waals surface area contributed by atoms with Crippen molar-refractivity contribution in [2.24, 2.45) is 11.8 Å². The Balaban J connectivity index is 1.75. The molecule has 0 unspecified atom stereocenters. The van der Waals surface area contributed by atoms with Gasteiger partial charge in [0.25, 0.3) is 0 Å². The molecule has 2 aromatic carbocycles. The molecule has 2 aliphatic carbocycles. The quantitative estimate of drug-likeness (QED) is 0.481. The van der Waals surface area contributed by atoms with Gasteiger partial charge in [0.1, 0.15) is 11.6 Å². The highest BCUT2D eigenvalue weighted by atomic mass is 35.5. The fourth-order valence-electron chi connectivity index (χ4n) is 5.34. The van der Waals surface area contributed by atoms with Crippen LogP contribution in [0.2, 0.25) is 5.02 Å². The van der Waals surface area contributed by atoms with Crippen molar-refractivity contribution in [2.75, 3.05) is 0 Å². The smallest absolute Gasteiger partial charge is 0.129 e. The van der Waals surface area contributed by atoms with Crippen LogP contribution in [0.5, 0.6) is 0 Å². The maximum atomic E-state index is 14.3. The first kappa shape index (κ1) is 18.7. The number of hydrogen-bond acceptors (Lipinski definition) is 0. The molecule has 2 aliphatic rings. The minimum Gasteiger partial charge on any atom is -0.207 e. The Labute approximate surface area is 165 Å². The fraction of sp³-hybridized carbons (Fsp3) is 0.417. The van der Waals surface area contributed by atoms with Crippen molar-refractivity contribution in [1.82, 2.24) is 0 Å². The van der Waals surface area contributed by atoms with E-state index in [2.05, 4.69) is 31.2 Å². The first-order valence-corrected chi connectivity index (χ1v) is 10.4. The van der Waals surface area contributed by atoms with E-state index >= 15 is 0 Å². The van der Waals surface area contributed by atoms with E-state index in [1.54, 1.807) is 6.07 Å². The first-order valence-electron chi connectivity index (χ1n) is 9.98. The molecule has 4 atom stereocenters. The number of hydrogen-bond donors (Lipinski definition) is 0. The summed E-state index contributed by atoms with van der Waals surface area (Å²) < 4.78 is 28.3. The second kappa shape index (κ2) is 7.75. The van der Waals surface area contributed by atoms with Crippen LogP contribution in [-0.2, 0) is 6.42 Å². The van der Waals surface area contributed by atoms with E-state index in [4.69, 9.17) is 11.6 Å². The zero-order valence-corrected chi connectivity index (χ0v) is 16.4. The maximum absolute atomic E-state index is 14.3. The van der Waals surface area contributed by atoms with Gasteiger partial charge in [-0.15, -0.1) is 0 Å². The lowest BCUT2D eigenvalue weighted by Crippen LogP contribution is -2.35. The van der Waals surface area contributed by atoms with Crippen molar-refractivity contribution < 1.29 is 8.78 Å². The Bertz CT molecular complexity index is 840. The van der Waals surface area contributed by atoms with Gasteiger partial charge in [-0.2, -0.15) is 0 Å². The predicted molar refractivity (Wildman–Crippen MR) is 107 cm³/mol. The van der Waals surface area contributed by atoms with Gasteiger partial charge in [-0.25, -0.2) is 8.78 Å². The van der Waals surface area contributed by atoms with E-state index in [9.17, 15) is 8.78 Å². The van der Waals surface area contributed by atoms with Crippen LogP contribution in [0.25, 0.3) is 0 Å². The Morgan fingerprint density at radius 3 is 2.59 bits per heavy atom. The largest absolute Gasteiger partial charge is 0.207 e. The highest BCUT2D eigenvalue weighted by Gasteiger charge is 2.42. The lowest BCUT2D eigenvalue weighted by Gasteiger charge is -2.46. The van der Waals surface area contributed by atoms with Crippen LogP contribution in [0.4, 0.5) is 8.78 Å². The SMILES string of the molecule is CC/C=C/[C@@H]1CC[C@H]2c3cc(F)cc(F)c3CC[C@@H]2[C@H]1c1ccc(Cl)cc1. The Morgan fingerprint density at radius 2 is 1.85 bits per heavy atom.